The van der Waals surface area contributed by atoms with Gasteiger partial charge in [-0.05, 0) is 108 Å². The molecule has 0 saturated carbocycles. The second-order valence-corrected chi connectivity index (χ2v) is 18.3. The van der Waals surface area contributed by atoms with Gasteiger partial charge in [0.15, 0.2) is 12.6 Å². The first kappa shape index (κ1) is 49.3. The Labute approximate surface area is 336 Å². The highest BCUT2D eigenvalue weighted by Crippen LogP contribution is 2.43. The first-order valence-electron chi connectivity index (χ1n) is 20.8. The third-order valence-electron chi connectivity index (χ3n) is 13.2. The zero-order valence-corrected chi connectivity index (χ0v) is 37.0. The third-order valence-corrected chi connectivity index (χ3v) is 13.2. The molecule has 15 nitrogen and oxygen atoms in total. The van der Waals surface area contributed by atoms with Crippen LogP contribution in [0.4, 0.5) is 0 Å². The Bertz CT molecular complexity index is 1240. The molecule has 0 amide bonds. The van der Waals surface area contributed by atoms with Crippen LogP contribution in [0, 0.1) is 17.8 Å². The maximum Gasteiger partial charge on any atom is 0.311 e. The zero-order chi connectivity index (χ0) is 42.7. The van der Waals surface area contributed by atoms with Crippen LogP contribution in [0.25, 0.3) is 0 Å². The predicted molar refractivity (Wildman–Crippen MR) is 212 cm³/mol. The van der Waals surface area contributed by atoms with Crippen LogP contribution in [0.15, 0.2) is 0 Å². The van der Waals surface area contributed by atoms with Crippen molar-refractivity contribution in [3.63, 3.8) is 0 Å². The highest BCUT2D eigenvalue weighted by atomic mass is 16.7. The van der Waals surface area contributed by atoms with Crippen molar-refractivity contribution in [1.82, 2.24) is 15.1 Å². The van der Waals surface area contributed by atoms with Crippen LogP contribution in [0.1, 0.15) is 102 Å². The van der Waals surface area contributed by atoms with Gasteiger partial charge in [0.05, 0.1) is 35.9 Å². The minimum Gasteiger partial charge on any atom is -0.459 e. The molecule has 56 heavy (non-hydrogen) atoms. The van der Waals surface area contributed by atoms with E-state index >= 15 is 0 Å². The Morgan fingerprint density at radius 3 is 2.11 bits per heavy atom. The number of hydrogen-bond acceptors (Lipinski definition) is 15. The summed E-state index contributed by atoms with van der Waals surface area (Å²) in [6.07, 6.45) is -7.57. The number of carbonyl (C=O) groups is 1. The lowest BCUT2D eigenvalue weighted by molar-refractivity contribution is -0.339. The summed E-state index contributed by atoms with van der Waals surface area (Å²) < 4.78 is 38.4. The first-order valence-corrected chi connectivity index (χ1v) is 20.8. The van der Waals surface area contributed by atoms with Crippen molar-refractivity contribution in [2.24, 2.45) is 17.8 Å². The lowest BCUT2D eigenvalue weighted by Crippen LogP contribution is -2.70. The van der Waals surface area contributed by atoms with Crippen molar-refractivity contribution < 1.29 is 58.7 Å². The molecule has 6 N–H and O–H groups in total. The van der Waals surface area contributed by atoms with Crippen molar-refractivity contribution in [2.75, 3.05) is 47.9 Å². The fourth-order valence-electron chi connectivity index (χ4n) is 9.24. The molecule has 3 aliphatic heterocycles. The minimum absolute atomic E-state index is 0.0976. The molecule has 3 aliphatic rings. The molecule has 0 aliphatic carbocycles. The van der Waals surface area contributed by atoms with Gasteiger partial charge >= 0.3 is 5.97 Å². The van der Waals surface area contributed by atoms with Crippen molar-refractivity contribution in [2.45, 2.75) is 192 Å². The Morgan fingerprint density at radius 1 is 0.929 bits per heavy atom. The summed E-state index contributed by atoms with van der Waals surface area (Å²) in [5.74, 6) is -2.66. The van der Waals surface area contributed by atoms with E-state index in [4.69, 9.17) is 28.4 Å². The SMILES string of the molecule is CCC1OC(=O)[C@H](C)[C@@H](O[C@H]2C[C@@](C)(OC)[C@@](O)(CN(C)CC)[C@H](C)O2)[C@H](C)[C@@H](O[C@@H]2O[C@H](C)C[C@H](N(C)C)[C@H]2O)[C@](C)(O)C[C@@H](C)CN[C@H](C)[C@@H](O)[C@]1(C)O. The number of methoxy groups -OCH3 is 1. The van der Waals surface area contributed by atoms with Gasteiger partial charge in [0.2, 0.25) is 0 Å². The summed E-state index contributed by atoms with van der Waals surface area (Å²) >= 11 is 0. The first-order chi connectivity index (χ1) is 25.8. The second kappa shape index (κ2) is 19.6. The van der Waals surface area contributed by atoms with E-state index < -0.39 is 95.5 Å². The molecule has 330 valence electrons. The van der Waals surface area contributed by atoms with Crippen LogP contribution in [0.5, 0.6) is 0 Å². The van der Waals surface area contributed by atoms with Gasteiger partial charge in [0.25, 0.3) is 0 Å². The van der Waals surface area contributed by atoms with Gasteiger partial charge < -0.3 is 69.1 Å². The molecule has 0 aromatic carbocycles. The molecule has 3 heterocycles. The van der Waals surface area contributed by atoms with E-state index in [-0.39, 0.29) is 43.9 Å². The van der Waals surface area contributed by atoms with E-state index in [1.807, 2.05) is 65.6 Å². The molecule has 18 atom stereocenters. The van der Waals surface area contributed by atoms with Gasteiger partial charge in [0, 0.05) is 38.1 Å². The van der Waals surface area contributed by atoms with Gasteiger partial charge in [-0.3, -0.25) is 4.79 Å². The number of esters is 1. The summed E-state index contributed by atoms with van der Waals surface area (Å²) in [4.78, 5) is 18.2. The van der Waals surface area contributed by atoms with Crippen molar-refractivity contribution in [1.29, 1.82) is 0 Å². The maximum atomic E-state index is 14.3. The molecular formula is C41H79N3O12. The van der Waals surface area contributed by atoms with E-state index in [9.17, 15) is 30.3 Å². The Kier molecular flexibility index (Phi) is 17.2. The Morgan fingerprint density at radius 2 is 1.55 bits per heavy atom. The summed E-state index contributed by atoms with van der Waals surface area (Å²) in [5, 5.41) is 62.6. The molecule has 1 unspecified atom stereocenters. The molecule has 0 radical (unpaired) electrons. The van der Waals surface area contributed by atoms with Crippen molar-refractivity contribution in [3.8, 4) is 0 Å². The average Bonchev–Trinajstić information content (AvgIpc) is 3.12. The maximum absolute atomic E-state index is 14.3. The highest BCUT2D eigenvalue weighted by Gasteiger charge is 2.59. The molecule has 15 heteroatoms. The number of aliphatic hydroxyl groups excluding tert-OH is 2. The number of likely N-dealkylation sites (N-methyl/N-ethyl adjacent to an activating group) is 2. The number of ether oxygens (including phenoxy) is 6. The molecule has 0 bridgehead atoms. The number of cyclic esters (lactones) is 1. The van der Waals surface area contributed by atoms with E-state index in [0.717, 1.165) is 0 Å². The summed E-state index contributed by atoms with van der Waals surface area (Å²) in [6.45, 7) is 20.9. The monoisotopic (exact) mass is 806 g/mol. The van der Waals surface area contributed by atoms with E-state index in [1.54, 1.807) is 41.7 Å². The van der Waals surface area contributed by atoms with Crippen LogP contribution in [-0.2, 0) is 33.2 Å². The predicted octanol–water partition coefficient (Wildman–Crippen LogP) is 1.88. The molecule has 3 fully saturated rings. The third kappa shape index (κ3) is 10.8. The average molecular weight is 806 g/mol. The lowest BCUT2D eigenvalue weighted by atomic mass is 9.75. The van der Waals surface area contributed by atoms with Crippen LogP contribution < -0.4 is 5.32 Å². The molecule has 0 aromatic heterocycles. The number of hydrogen-bond donors (Lipinski definition) is 6. The number of aliphatic hydroxyl groups is 5. The quantitative estimate of drug-likeness (QED) is 0.175. The van der Waals surface area contributed by atoms with E-state index in [1.165, 1.54) is 6.92 Å². The van der Waals surface area contributed by atoms with Crippen LogP contribution in [0.2, 0.25) is 0 Å². The molecule has 3 rings (SSSR count). The molecule has 3 saturated heterocycles. The standard InChI is InChI=1S/C41H79N3O12/c1-16-30-40(11,49)34(46)27(7)42-21-23(3)19-38(9,48)35(56-37-32(45)29(43(12)13)18-24(4)52-37)25(5)33(26(6)36(47)54-30)55-31-20-39(10,51-15)41(50,28(8)53-31)22-44(14)17-2/h23-35,37,42,45-46,48-50H,16-22H2,1-15H3/t23-,24-,25+,26-,27-,28+,29+,30?,31+,32-,33+,34-,35-,37+,38-,39-,40-,41-/m1/s1. The number of rotatable bonds is 10. The van der Waals surface area contributed by atoms with Crippen LogP contribution in [0.3, 0.4) is 0 Å². The topological polar surface area (TPSA) is 192 Å². The zero-order valence-electron chi connectivity index (χ0n) is 37.0. The normalized spacial score (nSPS) is 48.0. The fraction of sp³-hybridized carbons (Fsp3) is 0.976. The summed E-state index contributed by atoms with van der Waals surface area (Å²) in [7, 11) is 7.22. The number of carbonyl (C=O) groups excluding carboxylic acids is 1. The van der Waals surface area contributed by atoms with Gasteiger partial charge in [-0.25, -0.2) is 0 Å². The summed E-state index contributed by atoms with van der Waals surface area (Å²) in [5.41, 5.74) is -5.94. The van der Waals surface area contributed by atoms with Crippen LogP contribution in [-0.4, -0.2) is 179 Å². The smallest absolute Gasteiger partial charge is 0.311 e. The van der Waals surface area contributed by atoms with Crippen molar-refractivity contribution in [3.05, 3.63) is 0 Å². The minimum atomic E-state index is -1.81. The van der Waals surface area contributed by atoms with Crippen molar-refractivity contribution >= 4 is 5.97 Å². The van der Waals surface area contributed by atoms with Gasteiger partial charge in [-0.15, -0.1) is 0 Å². The lowest BCUT2D eigenvalue weighted by Gasteiger charge is -2.54. The van der Waals surface area contributed by atoms with Gasteiger partial charge in [0.1, 0.15) is 35.1 Å². The Balaban J connectivity index is 2.18. The van der Waals surface area contributed by atoms with Gasteiger partial charge in [-0.2, -0.15) is 0 Å². The molecule has 0 spiro atoms. The second-order valence-electron chi connectivity index (χ2n) is 18.3. The number of nitrogens with one attached hydrogen (secondary N) is 1. The molecule has 0 aromatic rings. The van der Waals surface area contributed by atoms with Crippen LogP contribution >= 0.6 is 0 Å². The van der Waals surface area contributed by atoms with E-state index in [0.29, 0.717) is 19.5 Å². The Hall–Kier alpha value is -1.05. The summed E-state index contributed by atoms with van der Waals surface area (Å²) in [6, 6.07) is -0.877. The number of nitrogens with zero attached hydrogens (tertiary/aromatic N) is 2. The fourth-order valence-corrected chi connectivity index (χ4v) is 9.24. The van der Waals surface area contributed by atoms with E-state index in [2.05, 4.69) is 5.32 Å². The highest BCUT2D eigenvalue weighted by molar-refractivity contribution is 5.73. The van der Waals surface area contributed by atoms with Gasteiger partial charge in [-0.1, -0.05) is 27.7 Å². The molecular weight excluding hydrogens is 726 g/mol. The largest absolute Gasteiger partial charge is 0.459 e.